The van der Waals surface area contributed by atoms with Gasteiger partial charge in [0.05, 0.1) is 16.0 Å². The molecule has 144 valence electrons. The summed E-state index contributed by atoms with van der Waals surface area (Å²) in [6, 6.07) is 18.5. The van der Waals surface area contributed by atoms with Crippen LogP contribution < -0.4 is 14.9 Å². The molecule has 0 saturated carbocycles. The number of halogens is 1. The number of esters is 1. The molecule has 1 heterocycles. The molecular formula is C23H15ClO5. The number of ether oxygens (including phenoxy) is 2. The first-order chi connectivity index (χ1) is 14.0. The van der Waals surface area contributed by atoms with Crippen LogP contribution in [0.4, 0.5) is 0 Å². The van der Waals surface area contributed by atoms with Crippen molar-refractivity contribution in [3.63, 3.8) is 0 Å². The van der Waals surface area contributed by atoms with E-state index >= 15 is 0 Å². The van der Waals surface area contributed by atoms with Crippen molar-refractivity contribution in [2.24, 2.45) is 0 Å². The number of carbonyl (C=O) groups is 1. The van der Waals surface area contributed by atoms with Crippen LogP contribution in [0.15, 0.2) is 82.2 Å². The maximum atomic E-state index is 12.7. The average molecular weight is 407 g/mol. The van der Waals surface area contributed by atoms with E-state index in [4.69, 9.17) is 25.5 Å². The average Bonchev–Trinajstić information content (AvgIpc) is 2.71. The molecule has 0 aliphatic rings. The summed E-state index contributed by atoms with van der Waals surface area (Å²) in [5, 5.41) is 0.676. The topological polar surface area (TPSA) is 65.7 Å². The maximum absolute atomic E-state index is 12.7. The lowest BCUT2D eigenvalue weighted by molar-refractivity contribution is 0.0735. The number of carbonyl (C=O) groups excluding carboxylic acids is 1. The highest BCUT2D eigenvalue weighted by Gasteiger charge is 2.14. The van der Waals surface area contributed by atoms with Crippen molar-refractivity contribution >= 4 is 28.5 Å². The van der Waals surface area contributed by atoms with E-state index in [1.165, 1.54) is 24.5 Å². The number of aryl methyl sites for hydroxylation is 1. The van der Waals surface area contributed by atoms with Gasteiger partial charge in [0.1, 0.15) is 23.3 Å². The van der Waals surface area contributed by atoms with Crippen LogP contribution in [0.1, 0.15) is 15.9 Å². The van der Waals surface area contributed by atoms with Gasteiger partial charge in [-0.25, -0.2) is 4.79 Å². The molecule has 5 nitrogen and oxygen atoms in total. The van der Waals surface area contributed by atoms with E-state index in [0.717, 1.165) is 5.56 Å². The molecule has 1 aromatic heterocycles. The lowest BCUT2D eigenvalue weighted by Crippen LogP contribution is -2.09. The standard InChI is InChI=1S/C23H15ClO5/c1-14-5-4-6-15(11-14)23(26)28-16-9-10-17-20(12-16)27-13-21(22(17)25)29-19-8-3-2-7-18(19)24/h2-13H,1H3. The van der Waals surface area contributed by atoms with Gasteiger partial charge in [0.2, 0.25) is 11.2 Å². The van der Waals surface area contributed by atoms with Crippen LogP contribution in [-0.2, 0) is 0 Å². The van der Waals surface area contributed by atoms with Crippen LogP contribution in [0, 0.1) is 6.92 Å². The molecule has 0 N–H and O–H groups in total. The fourth-order valence-corrected chi connectivity index (χ4v) is 2.98. The lowest BCUT2D eigenvalue weighted by atomic mass is 10.1. The zero-order chi connectivity index (χ0) is 20.4. The Bertz CT molecular complexity index is 1280. The van der Waals surface area contributed by atoms with E-state index in [9.17, 15) is 9.59 Å². The quantitative estimate of drug-likeness (QED) is 0.318. The molecule has 0 unspecified atom stereocenters. The molecule has 6 heteroatoms. The fraction of sp³-hybridized carbons (Fsp3) is 0.0435. The highest BCUT2D eigenvalue weighted by atomic mass is 35.5. The van der Waals surface area contributed by atoms with Crippen molar-refractivity contribution in [3.8, 4) is 17.2 Å². The molecule has 0 aliphatic heterocycles. The van der Waals surface area contributed by atoms with E-state index in [2.05, 4.69) is 0 Å². The molecule has 0 atom stereocenters. The third-order valence-corrected chi connectivity index (χ3v) is 4.55. The number of rotatable bonds is 4. The molecule has 4 rings (SSSR count). The number of fused-ring (bicyclic) bond motifs is 1. The number of benzene rings is 3. The van der Waals surface area contributed by atoms with Crippen LogP contribution >= 0.6 is 11.6 Å². The van der Waals surface area contributed by atoms with E-state index < -0.39 is 5.97 Å². The molecule has 0 bridgehead atoms. The minimum Gasteiger partial charge on any atom is -0.460 e. The Morgan fingerprint density at radius 3 is 2.59 bits per heavy atom. The second-order valence-corrected chi connectivity index (χ2v) is 6.79. The fourth-order valence-electron chi connectivity index (χ4n) is 2.81. The molecule has 0 saturated heterocycles. The first kappa shape index (κ1) is 18.8. The monoisotopic (exact) mass is 406 g/mol. The van der Waals surface area contributed by atoms with Gasteiger partial charge in [-0.2, -0.15) is 0 Å². The Labute approximate surface area is 171 Å². The van der Waals surface area contributed by atoms with Crippen molar-refractivity contribution in [2.75, 3.05) is 0 Å². The molecule has 0 fully saturated rings. The van der Waals surface area contributed by atoms with Crippen LogP contribution in [-0.4, -0.2) is 5.97 Å². The van der Waals surface area contributed by atoms with Crippen molar-refractivity contribution < 1.29 is 18.7 Å². The summed E-state index contributed by atoms with van der Waals surface area (Å²) < 4.78 is 16.5. The molecule has 0 amide bonds. The van der Waals surface area contributed by atoms with Gasteiger partial charge in [-0.05, 0) is 43.3 Å². The third kappa shape index (κ3) is 4.00. The minimum absolute atomic E-state index is 0.00936. The number of para-hydroxylation sites is 1. The Morgan fingerprint density at radius 2 is 1.79 bits per heavy atom. The minimum atomic E-state index is -0.492. The van der Waals surface area contributed by atoms with Crippen LogP contribution in [0.2, 0.25) is 5.02 Å². The van der Waals surface area contributed by atoms with Gasteiger partial charge in [-0.3, -0.25) is 4.79 Å². The Hall–Kier alpha value is -3.57. The Morgan fingerprint density at radius 1 is 0.966 bits per heavy atom. The zero-order valence-electron chi connectivity index (χ0n) is 15.3. The first-order valence-electron chi connectivity index (χ1n) is 8.78. The van der Waals surface area contributed by atoms with Crippen molar-refractivity contribution in [1.82, 2.24) is 0 Å². The molecular weight excluding hydrogens is 392 g/mol. The smallest absolute Gasteiger partial charge is 0.343 e. The van der Waals surface area contributed by atoms with Crippen molar-refractivity contribution in [2.45, 2.75) is 6.92 Å². The van der Waals surface area contributed by atoms with E-state index in [1.54, 1.807) is 42.5 Å². The normalized spacial score (nSPS) is 10.7. The number of hydrogen-bond donors (Lipinski definition) is 0. The first-order valence-corrected chi connectivity index (χ1v) is 9.16. The molecule has 3 aromatic carbocycles. The highest BCUT2D eigenvalue weighted by Crippen LogP contribution is 2.29. The second-order valence-electron chi connectivity index (χ2n) is 6.38. The summed E-state index contributed by atoms with van der Waals surface area (Å²) in [5.74, 6) is 0.139. The van der Waals surface area contributed by atoms with Gasteiger partial charge >= 0.3 is 5.97 Å². The molecule has 0 radical (unpaired) electrons. The molecule has 4 aromatic rings. The van der Waals surface area contributed by atoms with Gasteiger partial charge in [-0.1, -0.05) is 41.4 Å². The maximum Gasteiger partial charge on any atom is 0.343 e. The molecule has 0 spiro atoms. The van der Waals surface area contributed by atoms with E-state index in [0.29, 0.717) is 21.7 Å². The van der Waals surface area contributed by atoms with Gasteiger partial charge in [0.25, 0.3) is 0 Å². The summed E-state index contributed by atoms with van der Waals surface area (Å²) in [4.78, 5) is 25.0. The van der Waals surface area contributed by atoms with Gasteiger partial charge in [-0.15, -0.1) is 0 Å². The van der Waals surface area contributed by atoms with Crippen LogP contribution in [0.5, 0.6) is 17.2 Å². The molecule has 0 aliphatic carbocycles. The largest absolute Gasteiger partial charge is 0.460 e. The Kier molecular flexibility index (Phi) is 5.06. The Balaban J connectivity index is 1.61. The third-order valence-electron chi connectivity index (χ3n) is 4.24. The van der Waals surface area contributed by atoms with Crippen LogP contribution in [0.25, 0.3) is 11.0 Å². The molecule has 29 heavy (non-hydrogen) atoms. The van der Waals surface area contributed by atoms with Crippen LogP contribution in [0.3, 0.4) is 0 Å². The predicted molar refractivity (Wildman–Crippen MR) is 110 cm³/mol. The second kappa shape index (κ2) is 7.81. The summed E-state index contributed by atoms with van der Waals surface area (Å²) >= 11 is 6.07. The van der Waals surface area contributed by atoms with Crippen molar-refractivity contribution in [1.29, 1.82) is 0 Å². The predicted octanol–water partition coefficient (Wildman–Crippen LogP) is 5.77. The summed E-state index contributed by atoms with van der Waals surface area (Å²) in [7, 11) is 0. The highest BCUT2D eigenvalue weighted by molar-refractivity contribution is 6.32. The van der Waals surface area contributed by atoms with E-state index in [-0.39, 0.29) is 22.5 Å². The SMILES string of the molecule is Cc1cccc(C(=O)Oc2ccc3c(=O)c(Oc4ccccc4Cl)coc3c2)c1. The zero-order valence-corrected chi connectivity index (χ0v) is 16.1. The summed E-state index contributed by atoms with van der Waals surface area (Å²) in [5.41, 5.74) is 1.31. The van der Waals surface area contributed by atoms with Crippen molar-refractivity contribution in [3.05, 3.63) is 99.4 Å². The van der Waals surface area contributed by atoms with Gasteiger partial charge in [0.15, 0.2) is 0 Å². The van der Waals surface area contributed by atoms with Gasteiger partial charge in [0, 0.05) is 6.07 Å². The number of hydrogen-bond acceptors (Lipinski definition) is 5. The van der Waals surface area contributed by atoms with E-state index in [1.807, 2.05) is 13.0 Å². The summed E-state index contributed by atoms with van der Waals surface area (Å²) in [6.45, 7) is 1.89. The lowest BCUT2D eigenvalue weighted by Gasteiger charge is -2.08. The van der Waals surface area contributed by atoms with Gasteiger partial charge < -0.3 is 13.9 Å². The summed E-state index contributed by atoms with van der Waals surface area (Å²) in [6.07, 6.45) is 1.21.